The summed E-state index contributed by atoms with van der Waals surface area (Å²) in [4.78, 5) is 4.48. The molecule has 0 aliphatic heterocycles. The van der Waals surface area contributed by atoms with Crippen LogP contribution in [0.15, 0.2) is 48.5 Å². The molecular weight excluding hydrogens is 399 g/mol. The van der Waals surface area contributed by atoms with Gasteiger partial charge in [-0.2, -0.15) is 5.10 Å². The minimum atomic E-state index is -0.354. The van der Waals surface area contributed by atoms with E-state index < -0.39 is 0 Å². The number of benzene rings is 2. The molecule has 2 aromatic carbocycles. The molecule has 0 aliphatic carbocycles. The number of hydrogen-bond donors (Lipinski definition) is 2. The fraction of sp³-hybridized carbons (Fsp3) is 0.0667. The van der Waals surface area contributed by atoms with Gasteiger partial charge < -0.3 is 5.73 Å². The maximum absolute atomic E-state index is 6.20. The zero-order valence-corrected chi connectivity index (χ0v) is 13.8. The molecule has 0 bridgehead atoms. The lowest BCUT2D eigenvalue weighted by Crippen LogP contribution is -2.13. The van der Waals surface area contributed by atoms with Crippen molar-refractivity contribution in [3.63, 3.8) is 0 Å². The molecule has 1 aromatic heterocycles. The number of nitrogens with two attached hydrogens (primary N) is 1. The van der Waals surface area contributed by atoms with Crippen LogP contribution in [0.5, 0.6) is 0 Å². The molecule has 0 radical (unpaired) electrons. The van der Waals surface area contributed by atoms with Crippen LogP contribution in [0.25, 0.3) is 11.4 Å². The van der Waals surface area contributed by atoms with Crippen LogP contribution in [0.4, 0.5) is 0 Å². The Kier molecular flexibility index (Phi) is 4.23. The van der Waals surface area contributed by atoms with Gasteiger partial charge in [0, 0.05) is 14.2 Å². The molecule has 0 fully saturated rings. The van der Waals surface area contributed by atoms with Crippen LogP contribution in [0, 0.1) is 3.57 Å². The van der Waals surface area contributed by atoms with Crippen molar-refractivity contribution in [1.29, 1.82) is 0 Å². The zero-order valence-electron chi connectivity index (χ0n) is 10.9. The highest BCUT2D eigenvalue weighted by molar-refractivity contribution is 14.1. The smallest absolute Gasteiger partial charge is 0.181 e. The fourth-order valence-electron chi connectivity index (χ4n) is 1.97. The van der Waals surface area contributed by atoms with Crippen LogP contribution < -0.4 is 5.73 Å². The van der Waals surface area contributed by atoms with E-state index in [9.17, 15) is 0 Å². The molecule has 106 valence electrons. The summed E-state index contributed by atoms with van der Waals surface area (Å²) in [7, 11) is 0. The normalized spacial score (nSPS) is 12.3. The maximum Gasteiger partial charge on any atom is 0.181 e. The summed E-state index contributed by atoms with van der Waals surface area (Å²) in [5.41, 5.74) is 8.10. The van der Waals surface area contributed by atoms with Crippen molar-refractivity contribution in [2.75, 3.05) is 0 Å². The van der Waals surface area contributed by atoms with Crippen molar-refractivity contribution < 1.29 is 0 Å². The molecule has 4 nitrogen and oxygen atoms in total. The molecular formula is C15H12ClIN4. The Labute approximate surface area is 140 Å². The van der Waals surface area contributed by atoms with Gasteiger partial charge >= 0.3 is 0 Å². The number of aromatic nitrogens is 3. The Morgan fingerprint density at radius 1 is 1.05 bits per heavy atom. The van der Waals surface area contributed by atoms with Gasteiger partial charge in [-0.15, -0.1) is 0 Å². The van der Waals surface area contributed by atoms with Gasteiger partial charge in [-0.25, -0.2) is 4.98 Å². The summed E-state index contributed by atoms with van der Waals surface area (Å²) < 4.78 is 1.17. The van der Waals surface area contributed by atoms with Crippen molar-refractivity contribution in [2.24, 2.45) is 5.73 Å². The van der Waals surface area contributed by atoms with Crippen LogP contribution in [0.1, 0.15) is 17.4 Å². The third kappa shape index (κ3) is 3.25. The first kappa shape index (κ1) is 14.5. The predicted octanol–water partition coefficient (Wildman–Crippen LogP) is 3.78. The first-order valence-corrected chi connectivity index (χ1v) is 7.78. The van der Waals surface area contributed by atoms with Crippen LogP contribution in [-0.2, 0) is 0 Å². The highest BCUT2D eigenvalue weighted by Crippen LogP contribution is 2.22. The van der Waals surface area contributed by atoms with Gasteiger partial charge in [0.05, 0.1) is 6.04 Å². The molecule has 21 heavy (non-hydrogen) atoms. The second-order valence-corrected chi connectivity index (χ2v) is 6.26. The number of nitrogens with zero attached hydrogens (tertiary/aromatic N) is 2. The molecule has 0 saturated heterocycles. The van der Waals surface area contributed by atoms with E-state index in [1.165, 1.54) is 3.57 Å². The van der Waals surface area contributed by atoms with Crippen LogP contribution in [-0.4, -0.2) is 15.2 Å². The second kappa shape index (κ2) is 6.13. The molecule has 0 aliphatic rings. The number of nitrogens with one attached hydrogen (secondary N) is 1. The highest BCUT2D eigenvalue weighted by atomic mass is 127. The standard InChI is InChI=1S/C15H12ClIN4/c16-11-5-1-9(2-6-11)13(18)15-19-14(20-21-15)10-3-7-12(17)8-4-10/h1-8,13H,18H2,(H,19,20,21). The second-order valence-electron chi connectivity index (χ2n) is 4.58. The van der Waals surface area contributed by atoms with Crippen molar-refractivity contribution >= 4 is 34.2 Å². The largest absolute Gasteiger partial charge is 0.318 e. The Bertz CT molecular complexity index is 737. The van der Waals surface area contributed by atoms with E-state index in [2.05, 4.69) is 37.8 Å². The average Bonchev–Trinajstić information content (AvgIpc) is 2.98. The molecule has 3 aromatic rings. The molecule has 3 rings (SSSR count). The van der Waals surface area contributed by atoms with Crippen molar-refractivity contribution in [3.05, 3.63) is 68.5 Å². The van der Waals surface area contributed by atoms with E-state index >= 15 is 0 Å². The lowest BCUT2D eigenvalue weighted by Gasteiger charge is -2.08. The van der Waals surface area contributed by atoms with E-state index in [1.807, 2.05) is 48.5 Å². The van der Waals surface area contributed by atoms with Gasteiger partial charge in [-0.05, 0) is 52.4 Å². The average molecular weight is 411 g/mol. The van der Waals surface area contributed by atoms with Gasteiger partial charge in [0.1, 0.15) is 5.82 Å². The van der Waals surface area contributed by atoms with Gasteiger partial charge in [0.2, 0.25) is 0 Å². The zero-order chi connectivity index (χ0) is 14.8. The van der Waals surface area contributed by atoms with Crippen LogP contribution in [0.3, 0.4) is 0 Å². The third-order valence-corrected chi connectivity index (χ3v) is 4.10. The van der Waals surface area contributed by atoms with Crippen LogP contribution >= 0.6 is 34.2 Å². The number of H-pyrrole nitrogens is 1. The number of halogens is 2. The summed E-state index contributed by atoms with van der Waals surface area (Å²) in [6.45, 7) is 0. The van der Waals surface area contributed by atoms with E-state index in [1.54, 1.807) is 0 Å². The van der Waals surface area contributed by atoms with Gasteiger partial charge in [0.25, 0.3) is 0 Å². The lowest BCUT2D eigenvalue weighted by atomic mass is 10.1. The van der Waals surface area contributed by atoms with Crippen molar-refractivity contribution in [2.45, 2.75) is 6.04 Å². The summed E-state index contributed by atoms with van der Waals surface area (Å²) in [5, 5.41) is 7.83. The highest BCUT2D eigenvalue weighted by Gasteiger charge is 2.14. The molecule has 1 heterocycles. The number of hydrogen-bond acceptors (Lipinski definition) is 3. The molecule has 0 saturated carbocycles. The van der Waals surface area contributed by atoms with Crippen LogP contribution in [0.2, 0.25) is 5.02 Å². The van der Waals surface area contributed by atoms with Crippen molar-refractivity contribution in [3.8, 4) is 11.4 Å². The summed E-state index contributed by atoms with van der Waals surface area (Å²) in [5.74, 6) is 1.27. The molecule has 0 spiro atoms. The topological polar surface area (TPSA) is 67.6 Å². The molecule has 0 amide bonds. The Balaban J connectivity index is 1.87. The quantitative estimate of drug-likeness (QED) is 0.646. The lowest BCUT2D eigenvalue weighted by molar-refractivity contribution is 0.787. The fourth-order valence-corrected chi connectivity index (χ4v) is 2.46. The molecule has 3 N–H and O–H groups in total. The SMILES string of the molecule is NC(c1ccc(Cl)cc1)c1nc(-c2ccc(I)cc2)n[nH]1. The third-order valence-electron chi connectivity index (χ3n) is 3.13. The predicted molar refractivity (Wildman–Crippen MR) is 92.0 cm³/mol. The number of aromatic amines is 1. The van der Waals surface area contributed by atoms with Gasteiger partial charge in [-0.1, -0.05) is 35.9 Å². The van der Waals surface area contributed by atoms with Gasteiger partial charge in [0.15, 0.2) is 5.82 Å². The summed E-state index contributed by atoms with van der Waals surface area (Å²) in [6.07, 6.45) is 0. The van der Waals surface area contributed by atoms with E-state index in [0.29, 0.717) is 16.7 Å². The van der Waals surface area contributed by atoms with Crippen molar-refractivity contribution in [1.82, 2.24) is 15.2 Å². The van der Waals surface area contributed by atoms with Gasteiger partial charge in [-0.3, -0.25) is 5.10 Å². The maximum atomic E-state index is 6.20. The summed E-state index contributed by atoms with van der Waals surface area (Å²) in [6, 6.07) is 15.1. The Hall–Kier alpha value is -1.44. The summed E-state index contributed by atoms with van der Waals surface area (Å²) >= 11 is 8.14. The Morgan fingerprint density at radius 2 is 1.71 bits per heavy atom. The Morgan fingerprint density at radius 3 is 2.38 bits per heavy atom. The first-order chi connectivity index (χ1) is 10.1. The first-order valence-electron chi connectivity index (χ1n) is 6.33. The van der Waals surface area contributed by atoms with E-state index in [0.717, 1.165) is 11.1 Å². The molecule has 1 atom stereocenters. The molecule has 6 heteroatoms. The number of rotatable bonds is 3. The van der Waals surface area contributed by atoms with E-state index in [4.69, 9.17) is 17.3 Å². The van der Waals surface area contributed by atoms with E-state index in [-0.39, 0.29) is 6.04 Å². The monoisotopic (exact) mass is 410 g/mol. The minimum absolute atomic E-state index is 0.354. The molecule has 1 unspecified atom stereocenters. The minimum Gasteiger partial charge on any atom is -0.318 e.